The van der Waals surface area contributed by atoms with Crippen molar-refractivity contribution in [2.75, 3.05) is 0 Å². The summed E-state index contributed by atoms with van der Waals surface area (Å²) in [5.74, 6) is -0.760. The van der Waals surface area contributed by atoms with E-state index < -0.39 is 34.7 Å². The Morgan fingerprint density at radius 3 is 2.26 bits per heavy atom. The van der Waals surface area contributed by atoms with Gasteiger partial charge in [-0.2, -0.15) is 0 Å². The third-order valence-corrected chi connectivity index (χ3v) is 40.4. The van der Waals surface area contributed by atoms with Crippen LogP contribution >= 0.6 is 0 Å². The molecule has 0 bridgehead atoms. The fourth-order valence-corrected chi connectivity index (χ4v) is 44.3. The molecule has 31 heavy (non-hydrogen) atoms. The van der Waals surface area contributed by atoms with Crippen molar-refractivity contribution in [1.29, 1.82) is 0 Å². The molecule has 3 heteroatoms. The zero-order chi connectivity index (χ0) is 22.7. The molecule has 0 heterocycles. The Hall–Kier alpha value is -0.776. The number of hydrogen-bond acceptors (Lipinski definition) is 0. The first kappa shape index (κ1) is 23.4. The van der Waals surface area contributed by atoms with Gasteiger partial charge in [0.15, 0.2) is 0 Å². The normalized spacial score (nSPS) is 21.4. The monoisotopic (exact) mass is 611 g/mol. The van der Waals surface area contributed by atoms with Crippen molar-refractivity contribution in [3.63, 3.8) is 0 Å². The molecule has 0 radical (unpaired) electrons. The van der Waals surface area contributed by atoms with Gasteiger partial charge in [0.2, 0.25) is 0 Å². The molecule has 0 aromatic heterocycles. The van der Waals surface area contributed by atoms with Crippen LogP contribution in [-0.4, -0.2) is 14.1 Å². The van der Waals surface area contributed by atoms with Crippen LogP contribution in [0.25, 0.3) is 16.3 Å². The summed E-state index contributed by atoms with van der Waals surface area (Å²) >= 11 is -2.16. The summed E-state index contributed by atoms with van der Waals surface area (Å²) in [6, 6.07) is 15.3. The Bertz CT molecular complexity index is 1140. The van der Waals surface area contributed by atoms with Crippen molar-refractivity contribution in [2.45, 2.75) is 76.1 Å². The molecule has 1 atom stereocenters. The van der Waals surface area contributed by atoms with E-state index in [4.69, 9.17) is 0 Å². The molecule has 0 N–H and O–H groups in total. The van der Waals surface area contributed by atoms with Crippen molar-refractivity contribution >= 4 is 30.4 Å². The zero-order valence-electron chi connectivity index (χ0n) is 21.0. The van der Waals surface area contributed by atoms with Crippen LogP contribution in [-0.2, 0) is 27.0 Å². The van der Waals surface area contributed by atoms with Gasteiger partial charge in [0, 0.05) is 0 Å². The van der Waals surface area contributed by atoms with Gasteiger partial charge in [0.1, 0.15) is 0 Å². The number of allylic oxidation sites excluding steroid dienone is 6. The van der Waals surface area contributed by atoms with Crippen molar-refractivity contribution in [1.82, 2.24) is 0 Å². The molecule has 4 rings (SSSR count). The maximum absolute atomic E-state index is 2.72. The predicted molar refractivity (Wildman–Crippen MR) is 142 cm³/mol. The summed E-state index contributed by atoms with van der Waals surface area (Å²) in [4.78, 5) is 0. The first-order valence-corrected chi connectivity index (χ1v) is 28.3. The molecule has 2 aliphatic carbocycles. The maximum atomic E-state index is 2.72. The molecule has 163 valence electrons. The second-order valence-electron chi connectivity index (χ2n) is 11.5. The molecule has 0 nitrogen and oxygen atoms in total. The summed E-state index contributed by atoms with van der Waals surface area (Å²) in [5, 5.41) is 2.92. The van der Waals surface area contributed by atoms with Gasteiger partial charge in [-0.25, -0.2) is 0 Å². The number of hydrogen-bond donors (Lipinski definition) is 0. The Morgan fingerprint density at radius 2 is 1.68 bits per heavy atom. The summed E-state index contributed by atoms with van der Waals surface area (Å²) in [6.07, 6.45) is 3.97. The topological polar surface area (TPSA) is 0 Å². The second-order valence-corrected chi connectivity index (χ2v) is 45.4. The van der Waals surface area contributed by atoms with E-state index in [0.29, 0.717) is 3.17 Å². The quantitative estimate of drug-likeness (QED) is 0.298. The fraction of sp³-hybridized carbons (Fsp3) is 0.429. The Labute approximate surface area is 199 Å². The SMILES string of the molecule is CC1=C[C](C)([Hf]([C]2=C(C[Si](C)(C)C)c3c(ccc4ccccc34)C2)[SiH](C)C)C(C)=C1C. The van der Waals surface area contributed by atoms with Gasteiger partial charge in [-0.05, 0) is 0 Å². The molecule has 0 saturated carbocycles. The molecule has 0 fully saturated rings. The average Bonchev–Trinajstić information content (AvgIpc) is 3.11. The molecule has 0 saturated heterocycles. The summed E-state index contributed by atoms with van der Waals surface area (Å²) in [7, 11) is -1.24. The third kappa shape index (κ3) is 4.04. The fourth-order valence-electron chi connectivity index (χ4n) is 6.13. The molecular formula is C28H39HfSi2. The molecule has 2 aromatic carbocycles. The van der Waals surface area contributed by atoms with E-state index >= 15 is 0 Å². The van der Waals surface area contributed by atoms with E-state index in [-0.39, 0.29) is 0 Å². The van der Waals surface area contributed by atoms with Gasteiger partial charge in [-0.15, -0.1) is 0 Å². The number of fused-ring (bicyclic) bond motifs is 3. The van der Waals surface area contributed by atoms with Gasteiger partial charge in [0.25, 0.3) is 0 Å². The van der Waals surface area contributed by atoms with Crippen LogP contribution in [0.5, 0.6) is 0 Å². The zero-order valence-corrected chi connectivity index (χ0v) is 26.8. The van der Waals surface area contributed by atoms with Crippen LogP contribution in [0.1, 0.15) is 38.8 Å². The molecule has 1 unspecified atom stereocenters. The van der Waals surface area contributed by atoms with Crippen LogP contribution in [0.3, 0.4) is 0 Å². The standard InChI is InChI=1S/C17H19Si.C9H13.C2H7Si.Hf/c1-18(2,3)12-15-11-10-14-9-8-13-6-4-5-7-16(13)17(14)15;1-6-5-7(2)9(4)8(6)3;1-3-2;/h4-9H,10,12H2,1-3H3;5H,1-4H3;3H,1-2H3;. The summed E-state index contributed by atoms with van der Waals surface area (Å²) in [5.41, 5.74) is 9.92. The van der Waals surface area contributed by atoms with Gasteiger partial charge >= 0.3 is 201 Å². The predicted octanol–water partition coefficient (Wildman–Crippen LogP) is 8.52. The third-order valence-electron chi connectivity index (χ3n) is 7.66. The Kier molecular flexibility index (Phi) is 6.20. The van der Waals surface area contributed by atoms with Crippen LogP contribution in [0.4, 0.5) is 0 Å². The minimum absolute atomic E-state index is 0.386. The number of rotatable bonds is 5. The molecule has 2 aliphatic rings. The molecule has 0 amide bonds. The van der Waals surface area contributed by atoms with Crippen LogP contribution in [0, 0.1) is 0 Å². The first-order valence-electron chi connectivity index (χ1n) is 11.9. The van der Waals surface area contributed by atoms with E-state index in [1.807, 2.05) is 8.90 Å². The van der Waals surface area contributed by atoms with E-state index in [0.717, 1.165) is 0 Å². The van der Waals surface area contributed by atoms with E-state index in [9.17, 15) is 0 Å². The van der Waals surface area contributed by atoms with Gasteiger partial charge in [-0.1, -0.05) is 0 Å². The van der Waals surface area contributed by atoms with E-state index in [2.05, 4.69) is 103 Å². The van der Waals surface area contributed by atoms with E-state index in [1.165, 1.54) is 23.2 Å². The van der Waals surface area contributed by atoms with Crippen LogP contribution in [0.15, 0.2) is 62.5 Å². The number of benzene rings is 2. The first-order chi connectivity index (χ1) is 14.4. The minimum atomic E-state index is -2.16. The molecular weight excluding hydrogens is 571 g/mol. The van der Waals surface area contributed by atoms with Crippen molar-refractivity contribution in [3.05, 3.63) is 73.7 Å². The van der Waals surface area contributed by atoms with Crippen molar-refractivity contribution in [3.8, 4) is 0 Å². The average molecular weight is 610 g/mol. The second kappa shape index (κ2) is 8.22. The Balaban J connectivity index is 1.99. The van der Waals surface area contributed by atoms with Crippen molar-refractivity contribution < 1.29 is 20.6 Å². The molecule has 2 aromatic rings. The van der Waals surface area contributed by atoms with Gasteiger partial charge < -0.3 is 0 Å². The molecule has 0 aliphatic heterocycles. The summed E-state index contributed by atoms with van der Waals surface area (Å²) < 4.78 is 2.39. The summed E-state index contributed by atoms with van der Waals surface area (Å²) in [6.45, 7) is 22.9. The van der Waals surface area contributed by atoms with Crippen LogP contribution < -0.4 is 0 Å². The Morgan fingerprint density at radius 1 is 1.00 bits per heavy atom. The van der Waals surface area contributed by atoms with Crippen molar-refractivity contribution in [2.24, 2.45) is 0 Å². The molecule has 0 spiro atoms. The van der Waals surface area contributed by atoms with Gasteiger partial charge in [0.05, 0.1) is 0 Å². The van der Waals surface area contributed by atoms with Crippen LogP contribution in [0.2, 0.25) is 42.0 Å². The van der Waals surface area contributed by atoms with Gasteiger partial charge in [-0.3, -0.25) is 0 Å². The van der Waals surface area contributed by atoms with E-state index in [1.54, 1.807) is 27.8 Å².